The highest BCUT2D eigenvalue weighted by Gasteiger charge is 2.27. The van der Waals surface area contributed by atoms with Gasteiger partial charge in [0.25, 0.3) is 0 Å². The molecule has 1 saturated heterocycles. The molecule has 1 aliphatic heterocycles. The maximum absolute atomic E-state index is 11.8. The molecule has 7 nitrogen and oxygen atoms in total. The lowest BCUT2D eigenvalue weighted by Gasteiger charge is -2.23. The summed E-state index contributed by atoms with van der Waals surface area (Å²) in [6.07, 6.45) is 0.597. The van der Waals surface area contributed by atoms with Crippen LogP contribution in [0.3, 0.4) is 0 Å². The van der Waals surface area contributed by atoms with Crippen LogP contribution in [-0.2, 0) is 17.0 Å². The van der Waals surface area contributed by atoms with Gasteiger partial charge in [-0.15, -0.1) is 10.2 Å². The monoisotopic (exact) mass is 455 g/mol. The van der Waals surface area contributed by atoms with Crippen LogP contribution in [0, 0.1) is 13.8 Å². The Hall–Kier alpha value is -2.84. The lowest BCUT2D eigenvalue weighted by atomic mass is 10.1. The molecule has 31 heavy (non-hydrogen) atoms. The molecular weight excluding hydrogens is 434 g/mol. The second-order valence-corrected chi connectivity index (χ2v) is 8.88. The Kier molecular flexibility index (Phi) is 6.29. The molecule has 1 unspecified atom stereocenters. The van der Waals surface area contributed by atoms with Crippen LogP contribution in [0.15, 0.2) is 47.6 Å². The molecule has 4 rings (SSSR count). The van der Waals surface area contributed by atoms with Crippen LogP contribution >= 0.6 is 23.4 Å². The number of benzene rings is 2. The van der Waals surface area contributed by atoms with Crippen molar-refractivity contribution in [3.05, 3.63) is 70.0 Å². The first-order chi connectivity index (χ1) is 14.9. The number of nitrogens with zero attached hydrogens (tertiary/aromatic N) is 3. The maximum atomic E-state index is 11.8. The Bertz CT molecular complexity index is 1130. The molecule has 3 aromatic rings. The Morgan fingerprint density at radius 1 is 1.16 bits per heavy atom. The molecule has 0 spiro atoms. The molecule has 2 heterocycles. The van der Waals surface area contributed by atoms with Crippen LogP contribution in [0.1, 0.15) is 28.9 Å². The number of hydrogen-bond acceptors (Lipinski definition) is 5. The Balaban J connectivity index is 1.68. The van der Waals surface area contributed by atoms with Gasteiger partial charge in [-0.05, 0) is 42.7 Å². The number of rotatable bonds is 6. The number of aromatic nitrogens is 3. The number of imide groups is 1. The number of hydrogen-bond donors (Lipinski definition) is 2. The lowest BCUT2D eigenvalue weighted by Crippen LogP contribution is -2.53. The predicted octanol–water partition coefficient (Wildman–Crippen LogP) is 3.97. The van der Waals surface area contributed by atoms with Gasteiger partial charge in [-0.1, -0.05) is 53.7 Å². The summed E-state index contributed by atoms with van der Waals surface area (Å²) in [5.74, 6) is 1.04. The van der Waals surface area contributed by atoms with E-state index in [0.717, 1.165) is 27.5 Å². The average Bonchev–Trinajstić information content (AvgIpc) is 3.10. The zero-order chi connectivity index (χ0) is 22.0. The molecule has 0 bridgehead atoms. The molecule has 0 aliphatic carbocycles. The van der Waals surface area contributed by atoms with E-state index in [1.807, 2.05) is 42.7 Å². The van der Waals surface area contributed by atoms with E-state index in [1.54, 1.807) is 11.8 Å². The van der Waals surface area contributed by atoms with Crippen LogP contribution < -0.4 is 10.6 Å². The number of halogens is 1. The van der Waals surface area contributed by atoms with Crippen molar-refractivity contribution in [3.8, 4) is 5.69 Å². The Morgan fingerprint density at radius 2 is 1.97 bits per heavy atom. The van der Waals surface area contributed by atoms with Gasteiger partial charge in [-0.3, -0.25) is 14.7 Å². The van der Waals surface area contributed by atoms with Gasteiger partial charge in [0.05, 0.1) is 5.69 Å². The third-order valence-electron chi connectivity index (χ3n) is 5.07. The summed E-state index contributed by atoms with van der Waals surface area (Å²) in [5, 5.41) is 15.3. The van der Waals surface area contributed by atoms with Crippen LogP contribution in [0.4, 0.5) is 4.79 Å². The molecule has 1 fully saturated rings. The molecule has 3 amide bonds. The highest BCUT2D eigenvalue weighted by molar-refractivity contribution is 7.98. The number of carbonyl (C=O) groups excluding carboxylic acids is 2. The average molecular weight is 456 g/mol. The quantitative estimate of drug-likeness (QED) is 0.549. The van der Waals surface area contributed by atoms with E-state index in [0.29, 0.717) is 23.0 Å². The standard InChI is InChI=1S/C22H22ClN5O2S/c1-13-7-8-14(2)18(9-13)28-19(10-16-11-20(29)25-21(30)24-16)26-27-22(28)31-12-15-5-3-4-6-17(15)23/h3-9,16H,10-12H2,1-2H3,(H2,24,25,29,30). The topological polar surface area (TPSA) is 88.9 Å². The molecule has 9 heteroatoms. The van der Waals surface area contributed by atoms with E-state index >= 15 is 0 Å². The van der Waals surface area contributed by atoms with Crippen molar-refractivity contribution < 1.29 is 9.59 Å². The normalized spacial score (nSPS) is 16.2. The number of thioether (sulfide) groups is 1. The first-order valence-electron chi connectivity index (χ1n) is 9.89. The van der Waals surface area contributed by atoms with Crippen molar-refractivity contribution >= 4 is 35.3 Å². The second kappa shape index (κ2) is 9.11. The van der Waals surface area contributed by atoms with Crippen LogP contribution in [0.2, 0.25) is 5.02 Å². The predicted molar refractivity (Wildman–Crippen MR) is 121 cm³/mol. The van der Waals surface area contributed by atoms with Gasteiger partial charge < -0.3 is 5.32 Å². The van der Waals surface area contributed by atoms with Crippen LogP contribution in [0.5, 0.6) is 0 Å². The van der Waals surface area contributed by atoms with Crippen molar-refractivity contribution in [2.24, 2.45) is 0 Å². The Labute approximate surface area is 189 Å². The fourth-order valence-corrected chi connectivity index (χ4v) is 4.75. The van der Waals surface area contributed by atoms with E-state index in [1.165, 1.54) is 0 Å². The fraction of sp³-hybridized carbons (Fsp3) is 0.273. The molecule has 2 N–H and O–H groups in total. The van der Waals surface area contributed by atoms with E-state index in [-0.39, 0.29) is 18.4 Å². The van der Waals surface area contributed by atoms with Gasteiger partial charge in [0.2, 0.25) is 5.91 Å². The van der Waals surface area contributed by atoms with Crippen molar-refractivity contribution in [1.29, 1.82) is 0 Å². The minimum atomic E-state index is -0.479. The molecular formula is C22H22ClN5O2S. The number of aryl methyl sites for hydroxylation is 2. The first kappa shape index (κ1) is 21.4. The highest BCUT2D eigenvalue weighted by Crippen LogP contribution is 2.30. The molecule has 2 aromatic carbocycles. The van der Waals surface area contributed by atoms with Crippen molar-refractivity contribution in [2.75, 3.05) is 0 Å². The number of urea groups is 1. The van der Waals surface area contributed by atoms with E-state index < -0.39 is 6.03 Å². The largest absolute Gasteiger partial charge is 0.334 e. The summed E-state index contributed by atoms with van der Waals surface area (Å²) in [4.78, 5) is 23.5. The van der Waals surface area contributed by atoms with Gasteiger partial charge in [-0.2, -0.15) is 0 Å². The molecule has 160 valence electrons. The van der Waals surface area contributed by atoms with Crippen molar-refractivity contribution in [2.45, 2.75) is 43.6 Å². The molecule has 0 saturated carbocycles. The molecule has 1 aliphatic rings. The van der Waals surface area contributed by atoms with Gasteiger partial charge in [-0.25, -0.2) is 4.79 Å². The summed E-state index contributed by atoms with van der Waals surface area (Å²) in [5.41, 5.74) is 4.19. The van der Waals surface area contributed by atoms with E-state index in [2.05, 4.69) is 39.0 Å². The van der Waals surface area contributed by atoms with Gasteiger partial charge in [0.1, 0.15) is 5.82 Å². The number of amides is 3. The molecule has 1 aromatic heterocycles. The molecule has 1 atom stereocenters. The van der Waals surface area contributed by atoms with Crippen LogP contribution in [0.25, 0.3) is 5.69 Å². The SMILES string of the molecule is Cc1ccc(C)c(-n2c(CC3CC(=O)NC(=O)N3)nnc2SCc2ccccc2Cl)c1. The highest BCUT2D eigenvalue weighted by atomic mass is 35.5. The third kappa shape index (κ3) is 4.91. The first-order valence-corrected chi connectivity index (χ1v) is 11.3. The minimum absolute atomic E-state index is 0.202. The van der Waals surface area contributed by atoms with E-state index in [9.17, 15) is 9.59 Å². The zero-order valence-corrected chi connectivity index (χ0v) is 18.8. The summed E-state index contributed by atoms with van der Waals surface area (Å²) < 4.78 is 2.02. The number of carbonyl (C=O) groups is 2. The Morgan fingerprint density at radius 3 is 2.74 bits per heavy atom. The minimum Gasteiger partial charge on any atom is -0.334 e. The van der Waals surface area contributed by atoms with Crippen LogP contribution in [-0.4, -0.2) is 32.7 Å². The zero-order valence-electron chi connectivity index (χ0n) is 17.2. The number of nitrogens with one attached hydrogen (secondary N) is 2. The third-order valence-corrected chi connectivity index (χ3v) is 6.42. The summed E-state index contributed by atoms with van der Waals surface area (Å²) in [7, 11) is 0. The van der Waals surface area contributed by atoms with E-state index in [4.69, 9.17) is 11.6 Å². The molecule has 0 radical (unpaired) electrons. The van der Waals surface area contributed by atoms with Gasteiger partial charge >= 0.3 is 6.03 Å². The smallest absolute Gasteiger partial charge is 0.321 e. The van der Waals surface area contributed by atoms with Gasteiger partial charge in [0.15, 0.2) is 5.16 Å². The van der Waals surface area contributed by atoms with Crippen molar-refractivity contribution in [1.82, 2.24) is 25.4 Å². The fourth-order valence-electron chi connectivity index (χ4n) is 3.50. The maximum Gasteiger partial charge on any atom is 0.321 e. The summed E-state index contributed by atoms with van der Waals surface area (Å²) in [6.45, 7) is 4.08. The lowest BCUT2D eigenvalue weighted by molar-refractivity contribution is -0.121. The van der Waals surface area contributed by atoms with Gasteiger partial charge in [0, 0.05) is 29.7 Å². The second-order valence-electron chi connectivity index (χ2n) is 7.53. The summed E-state index contributed by atoms with van der Waals surface area (Å²) in [6, 6.07) is 13.1. The summed E-state index contributed by atoms with van der Waals surface area (Å²) >= 11 is 7.87. The van der Waals surface area contributed by atoms with Crippen molar-refractivity contribution in [3.63, 3.8) is 0 Å².